The number of hydrogen-bond acceptors (Lipinski definition) is 3. The molecule has 1 N–H and O–H groups in total. The minimum Gasteiger partial charge on any atom is -0.480 e. The molecular formula is C13H13NO2S. The Hall–Kier alpha value is -1.81. The van der Waals surface area contributed by atoms with Crippen molar-refractivity contribution < 1.29 is 9.90 Å². The third-order valence-corrected chi connectivity index (χ3v) is 3.30. The molecule has 0 aliphatic heterocycles. The Morgan fingerprint density at radius 1 is 1.29 bits per heavy atom. The Balaban J connectivity index is 2.33. The van der Waals surface area contributed by atoms with E-state index in [-0.39, 0.29) is 6.54 Å². The highest BCUT2D eigenvalue weighted by Gasteiger charge is 2.13. The van der Waals surface area contributed by atoms with Gasteiger partial charge in [0, 0.05) is 5.69 Å². The smallest absolute Gasteiger partial charge is 0.323 e. The Morgan fingerprint density at radius 3 is 2.53 bits per heavy atom. The van der Waals surface area contributed by atoms with Crippen LogP contribution in [0.15, 0.2) is 41.8 Å². The van der Waals surface area contributed by atoms with Crippen molar-refractivity contribution in [3.05, 3.63) is 47.3 Å². The van der Waals surface area contributed by atoms with Crippen LogP contribution in [0, 0.1) is 6.92 Å². The highest BCUT2D eigenvalue weighted by Crippen LogP contribution is 2.29. The van der Waals surface area contributed by atoms with Crippen LogP contribution < -0.4 is 4.90 Å². The molecule has 0 aliphatic rings. The van der Waals surface area contributed by atoms with Crippen molar-refractivity contribution in [3.63, 3.8) is 0 Å². The van der Waals surface area contributed by atoms with E-state index >= 15 is 0 Å². The quantitative estimate of drug-likeness (QED) is 0.901. The van der Waals surface area contributed by atoms with Gasteiger partial charge in [0.05, 0.1) is 5.00 Å². The second-order valence-electron chi connectivity index (χ2n) is 3.77. The molecule has 2 aromatic rings. The molecule has 0 spiro atoms. The standard InChI is InChI=1S/C13H13NO2S/c1-10-4-6-11(7-5-10)14(9-13(15)16)12-3-2-8-17-12/h2-8H,9H2,1H3,(H,15,16). The van der Waals surface area contributed by atoms with E-state index in [1.807, 2.05) is 48.7 Å². The molecule has 2 rings (SSSR count). The number of carboxylic acids is 1. The molecule has 0 fully saturated rings. The SMILES string of the molecule is Cc1ccc(N(CC(=O)O)c2cccs2)cc1. The highest BCUT2D eigenvalue weighted by atomic mass is 32.1. The van der Waals surface area contributed by atoms with Crippen molar-refractivity contribution in [1.29, 1.82) is 0 Å². The zero-order chi connectivity index (χ0) is 12.3. The van der Waals surface area contributed by atoms with Gasteiger partial charge in [-0.2, -0.15) is 0 Å². The van der Waals surface area contributed by atoms with Crippen LogP contribution in [-0.4, -0.2) is 17.6 Å². The third-order valence-electron chi connectivity index (χ3n) is 2.41. The van der Waals surface area contributed by atoms with Gasteiger partial charge in [-0.15, -0.1) is 11.3 Å². The summed E-state index contributed by atoms with van der Waals surface area (Å²) in [6, 6.07) is 11.7. The predicted molar refractivity (Wildman–Crippen MR) is 70.1 cm³/mol. The van der Waals surface area contributed by atoms with Crippen LogP contribution in [0.5, 0.6) is 0 Å². The fraction of sp³-hybridized carbons (Fsp3) is 0.154. The fourth-order valence-electron chi connectivity index (χ4n) is 1.58. The maximum atomic E-state index is 10.9. The molecule has 1 aromatic heterocycles. The van der Waals surface area contributed by atoms with Gasteiger partial charge in [-0.25, -0.2) is 0 Å². The van der Waals surface area contributed by atoms with E-state index < -0.39 is 5.97 Å². The van der Waals surface area contributed by atoms with Gasteiger partial charge in [-0.3, -0.25) is 4.79 Å². The number of rotatable bonds is 4. The molecule has 0 amide bonds. The third kappa shape index (κ3) is 2.85. The first-order valence-corrected chi connectivity index (χ1v) is 6.14. The minimum atomic E-state index is -0.834. The monoisotopic (exact) mass is 247 g/mol. The topological polar surface area (TPSA) is 40.5 Å². The lowest BCUT2D eigenvalue weighted by molar-refractivity contribution is -0.135. The molecule has 0 saturated heterocycles. The summed E-state index contributed by atoms with van der Waals surface area (Å²) in [7, 11) is 0. The van der Waals surface area contributed by atoms with E-state index in [4.69, 9.17) is 5.11 Å². The van der Waals surface area contributed by atoms with Crippen LogP contribution in [0.1, 0.15) is 5.56 Å². The van der Waals surface area contributed by atoms with Crippen molar-refractivity contribution >= 4 is 28.0 Å². The van der Waals surface area contributed by atoms with Crippen LogP contribution in [0.3, 0.4) is 0 Å². The summed E-state index contributed by atoms with van der Waals surface area (Å²) in [4.78, 5) is 12.7. The van der Waals surface area contributed by atoms with E-state index in [9.17, 15) is 4.79 Å². The highest BCUT2D eigenvalue weighted by molar-refractivity contribution is 7.14. The summed E-state index contributed by atoms with van der Waals surface area (Å²) in [5.74, 6) is -0.834. The molecule has 88 valence electrons. The second-order valence-corrected chi connectivity index (χ2v) is 4.69. The number of aryl methyl sites for hydroxylation is 1. The fourth-order valence-corrected chi connectivity index (χ4v) is 2.33. The van der Waals surface area contributed by atoms with Gasteiger partial charge in [0.15, 0.2) is 0 Å². The number of carboxylic acid groups (broad SMARTS) is 1. The zero-order valence-electron chi connectivity index (χ0n) is 9.46. The van der Waals surface area contributed by atoms with E-state index in [2.05, 4.69) is 0 Å². The van der Waals surface area contributed by atoms with E-state index in [1.165, 1.54) is 11.3 Å². The molecule has 0 aliphatic carbocycles. The molecule has 0 radical (unpaired) electrons. The predicted octanol–water partition coefficient (Wildman–Crippen LogP) is 3.28. The number of aliphatic carboxylic acids is 1. The molecule has 4 heteroatoms. The first-order valence-electron chi connectivity index (χ1n) is 5.26. The number of hydrogen-bond donors (Lipinski definition) is 1. The number of thiophene rings is 1. The maximum Gasteiger partial charge on any atom is 0.323 e. The molecule has 0 unspecified atom stereocenters. The number of anilines is 2. The summed E-state index contributed by atoms with van der Waals surface area (Å²) in [5.41, 5.74) is 2.07. The minimum absolute atomic E-state index is 0.0242. The number of carbonyl (C=O) groups is 1. The second kappa shape index (κ2) is 5.01. The Morgan fingerprint density at radius 2 is 2.00 bits per heavy atom. The van der Waals surface area contributed by atoms with Gasteiger partial charge >= 0.3 is 5.97 Å². The summed E-state index contributed by atoms with van der Waals surface area (Å²) < 4.78 is 0. The lowest BCUT2D eigenvalue weighted by Gasteiger charge is -2.21. The van der Waals surface area contributed by atoms with Crippen molar-refractivity contribution in [2.24, 2.45) is 0 Å². The Kier molecular flexibility index (Phi) is 3.44. The van der Waals surface area contributed by atoms with Gasteiger partial charge in [0.1, 0.15) is 6.54 Å². The zero-order valence-corrected chi connectivity index (χ0v) is 10.3. The van der Waals surface area contributed by atoms with E-state index in [0.717, 1.165) is 16.3 Å². The van der Waals surface area contributed by atoms with Crippen molar-refractivity contribution in [2.45, 2.75) is 6.92 Å². The summed E-state index contributed by atoms with van der Waals surface area (Å²) in [5, 5.41) is 11.8. The van der Waals surface area contributed by atoms with Crippen LogP contribution in [-0.2, 0) is 4.79 Å². The summed E-state index contributed by atoms with van der Waals surface area (Å²) >= 11 is 1.53. The Bertz CT molecular complexity index is 491. The van der Waals surface area contributed by atoms with Gasteiger partial charge < -0.3 is 10.0 Å². The van der Waals surface area contributed by atoms with Crippen LogP contribution >= 0.6 is 11.3 Å². The van der Waals surface area contributed by atoms with Crippen molar-refractivity contribution in [1.82, 2.24) is 0 Å². The molecule has 3 nitrogen and oxygen atoms in total. The van der Waals surface area contributed by atoms with Crippen molar-refractivity contribution in [3.8, 4) is 0 Å². The lowest BCUT2D eigenvalue weighted by atomic mass is 10.2. The lowest BCUT2D eigenvalue weighted by Crippen LogP contribution is -2.24. The molecule has 0 atom stereocenters. The Labute approximate surface area is 104 Å². The van der Waals surface area contributed by atoms with Crippen LogP contribution in [0.2, 0.25) is 0 Å². The average Bonchev–Trinajstić information content (AvgIpc) is 2.80. The van der Waals surface area contributed by atoms with Gasteiger partial charge in [0.25, 0.3) is 0 Å². The number of nitrogens with zero attached hydrogens (tertiary/aromatic N) is 1. The van der Waals surface area contributed by atoms with Gasteiger partial charge in [-0.1, -0.05) is 17.7 Å². The van der Waals surface area contributed by atoms with E-state index in [0.29, 0.717) is 0 Å². The van der Waals surface area contributed by atoms with Crippen LogP contribution in [0.25, 0.3) is 0 Å². The molecular weight excluding hydrogens is 234 g/mol. The first kappa shape index (κ1) is 11.7. The summed E-state index contributed by atoms with van der Waals surface area (Å²) in [6.07, 6.45) is 0. The molecule has 1 aromatic carbocycles. The van der Waals surface area contributed by atoms with Gasteiger partial charge in [0.2, 0.25) is 0 Å². The van der Waals surface area contributed by atoms with Crippen molar-refractivity contribution in [2.75, 3.05) is 11.4 Å². The largest absolute Gasteiger partial charge is 0.480 e. The van der Waals surface area contributed by atoms with Gasteiger partial charge in [-0.05, 0) is 36.6 Å². The summed E-state index contributed by atoms with van der Waals surface area (Å²) in [6.45, 7) is 1.99. The number of benzene rings is 1. The molecule has 0 saturated carbocycles. The molecule has 17 heavy (non-hydrogen) atoms. The van der Waals surface area contributed by atoms with Crippen LogP contribution in [0.4, 0.5) is 10.7 Å². The molecule has 1 heterocycles. The first-order chi connectivity index (χ1) is 8.16. The normalized spacial score (nSPS) is 10.2. The van der Waals surface area contributed by atoms with E-state index in [1.54, 1.807) is 4.90 Å². The average molecular weight is 247 g/mol. The maximum absolute atomic E-state index is 10.9. The molecule has 0 bridgehead atoms.